The molecule has 1 atom stereocenters. The quantitative estimate of drug-likeness (QED) is 0.788. The van der Waals surface area contributed by atoms with Gasteiger partial charge >= 0.3 is 6.03 Å². The molecule has 24 heavy (non-hydrogen) atoms. The number of urea groups is 1. The van der Waals surface area contributed by atoms with E-state index in [-0.39, 0.29) is 24.5 Å². The molecule has 6 nitrogen and oxygen atoms in total. The molecule has 3 N–H and O–H groups in total. The van der Waals surface area contributed by atoms with Gasteiger partial charge in [0, 0.05) is 0 Å². The predicted octanol–water partition coefficient (Wildman–Crippen LogP) is 2.27. The Bertz CT molecular complexity index is 697. The van der Waals surface area contributed by atoms with Crippen molar-refractivity contribution in [1.29, 1.82) is 0 Å². The van der Waals surface area contributed by atoms with Crippen LogP contribution in [0.2, 0.25) is 0 Å². The summed E-state index contributed by atoms with van der Waals surface area (Å²) in [5.41, 5.74) is 2.45. The van der Waals surface area contributed by atoms with E-state index in [9.17, 15) is 9.59 Å². The van der Waals surface area contributed by atoms with Gasteiger partial charge in [-0.1, -0.05) is 24.3 Å². The summed E-state index contributed by atoms with van der Waals surface area (Å²) in [6, 6.07) is 11.4. The maximum atomic E-state index is 12.0. The summed E-state index contributed by atoms with van der Waals surface area (Å²) in [5, 5.41) is 8.23. The minimum atomic E-state index is -0.329. The van der Waals surface area contributed by atoms with Crippen LogP contribution in [0, 0.1) is 0 Å². The van der Waals surface area contributed by atoms with E-state index in [1.165, 1.54) is 11.1 Å². The second kappa shape index (κ2) is 7.68. The van der Waals surface area contributed by atoms with Crippen molar-refractivity contribution in [2.75, 3.05) is 6.54 Å². The van der Waals surface area contributed by atoms with Gasteiger partial charge in [0.2, 0.25) is 5.91 Å². The first-order valence-corrected chi connectivity index (χ1v) is 8.13. The number of aryl methyl sites for hydroxylation is 1. The lowest BCUT2D eigenvalue weighted by molar-refractivity contribution is -0.120. The van der Waals surface area contributed by atoms with Crippen LogP contribution in [0.3, 0.4) is 0 Å². The van der Waals surface area contributed by atoms with Gasteiger partial charge in [-0.05, 0) is 42.5 Å². The van der Waals surface area contributed by atoms with Crippen molar-refractivity contribution in [3.63, 3.8) is 0 Å². The third-order valence-electron chi connectivity index (χ3n) is 4.12. The molecule has 1 aromatic heterocycles. The molecule has 1 heterocycles. The lowest BCUT2D eigenvalue weighted by Gasteiger charge is -2.26. The Kier molecular flexibility index (Phi) is 5.15. The number of carbonyl (C=O) groups excluding carboxylic acids is 2. The summed E-state index contributed by atoms with van der Waals surface area (Å²) in [7, 11) is 0. The molecule has 2 aromatic rings. The van der Waals surface area contributed by atoms with Crippen LogP contribution in [0.15, 0.2) is 47.1 Å². The fourth-order valence-corrected chi connectivity index (χ4v) is 2.94. The van der Waals surface area contributed by atoms with Gasteiger partial charge in [0.1, 0.15) is 5.76 Å². The molecule has 126 valence electrons. The number of benzene rings is 1. The van der Waals surface area contributed by atoms with E-state index < -0.39 is 0 Å². The molecule has 1 aromatic carbocycles. The summed E-state index contributed by atoms with van der Waals surface area (Å²) >= 11 is 0. The summed E-state index contributed by atoms with van der Waals surface area (Å²) in [6.07, 6.45) is 4.56. The standard InChI is InChI=1S/C18H21N3O3/c22-17(19-11-14-7-4-10-24-14)12-20-18(23)21-16-9-3-6-13-5-1-2-8-15(13)16/h1-2,4-5,7-8,10,16H,3,6,9,11-12H2,(H,19,22)(H2,20,21,23). The minimum Gasteiger partial charge on any atom is -0.467 e. The van der Waals surface area contributed by atoms with Crippen molar-refractivity contribution in [3.05, 3.63) is 59.5 Å². The van der Waals surface area contributed by atoms with Crippen molar-refractivity contribution >= 4 is 11.9 Å². The van der Waals surface area contributed by atoms with Crippen LogP contribution in [0.25, 0.3) is 0 Å². The second-order valence-electron chi connectivity index (χ2n) is 5.83. The van der Waals surface area contributed by atoms with Crippen LogP contribution in [-0.4, -0.2) is 18.5 Å². The first kappa shape index (κ1) is 16.1. The fourth-order valence-electron chi connectivity index (χ4n) is 2.94. The number of amides is 3. The Hall–Kier alpha value is -2.76. The van der Waals surface area contributed by atoms with E-state index in [0.29, 0.717) is 12.3 Å². The number of hydrogen-bond donors (Lipinski definition) is 3. The van der Waals surface area contributed by atoms with E-state index in [4.69, 9.17) is 4.42 Å². The number of carbonyl (C=O) groups is 2. The summed E-state index contributed by atoms with van der Waals surface area (Å²) in [5.74, 6) is 0.414. The highest BCUT2D eigenvalue weighted by molar-refractivity contribution is 5.84. The molecule has 0 saturated carbocycles. The van der Waals surface area contributed by atoms with Gasteiger partial charge in [-0.25, -0.2) is 4.79 Å². The second-order valence-corrected chi connectivity index (χ2v) is 5.83. The molecule has 0 bridgehead atoms. The van der Waals surface area contributed by atoms with Crippen molar-refractivity contribution in [2.24, 2.45) is 0 Å². The fraction of sp³-hybridized carbons (Fsp3) is 0.333. The number of fused-ring (bicyclic) bond motifs is 1. The van der Waals surface area contributed by atoms with Gasteiger partial charge < -0.3 is 20.4 Å². The van der Waals surface area contributed by atoms with E-state index in [0.717, 1.165) is 19.3 Å². The van der Waals surface area contributed by atoms with E-state index in [1.807, 2.05) is 12.1 Å². The van der Waals surface area contributed by atoms with Gasteiger partial charge in [0.05, 0.1) is 25.4 Å². The lowest BCUT2D eigenvalue weighted by atomic mass is 9.88. The molecular formula is C18H21N3O3. The zero-order chi connectivity index (χ0) is 16.8. The van der Waals surface area contributed by atoms with E-state index in [1.54, 1.807) is 18.4 Å². The third-order valence-corrected chi connectivity index (χ3v) is 4.12. The molecular weight excluding hydrogens is 306 g/mol. The topological polar surface area (TPSA) is 83.4 Å². The molecule has 0 fully saturated rings. The Labute approximate surface area is 140 Å². The highest BCUT2D eigenvalue weighted by Crippen LogP contribution is 2.29. The molecule has 0 saturated heterocycles. The van der Waals surface area contributed by atoms with Gasteiger partial charge in [-0.2, -0.15) is 0 Å². The zero-order valence-electron chi connectivity index (χ0n) is 13.4. The van der Waals surface area contributed by atoms with Crippen LogP contribution < -0.4 is 16.0 Å². The summed E-state index contributed by atoms with van der Waals surface area (Å²) < 4.78 is 5.13. The monoisotopic (exact) mass is 327 g/mol. The van der Waals surface area contributed by atoms with Crippen molar-refractivity contribution in [2.45, 2.75) is 31.8 Å². The molecule has 6 heteroatoms. The summed E-state index contributed by atoms with van der Waals surface area (Å²) in [4.78, 5) is 23.8. The molecule has 1 aliphatic rings. The number of nitrogens with one attached hydrogen (secondary N) is 3. The number of hydrogen-bond acceptors (Lipinski definition) is 3. The van der Waals surface area contributed by atoms with Crippen LogP contribution in [0.5, 0.6) is 0 Å². The molecule has 3 amide bonds. The van der Waals surface area contributed by atoms with Crippen LogP contribution in [0.1, 0.15) is 35.8 Å². The van der Waals surface area contributed by atoms with E-state index >= 15 is 0 Å². The lowest BCUT2D eigenvalue weighted by Crippen LogP contribution is -2.43. The maximum absolute atomic E-state index is 12.0. The van der Waals surface area contributed by atoms with Crippen LogP contribution in [0.4, 0.5) is 4.79 Å². The molecule has 1 unspecified atom stereocenters. The summed E-state index contributed by atoms with van der Waals surface area (Å²) in [6.45, 7) is 0.242. The van der Waals surface area contributed by atoms with Gasteiger partial charge in [0.25, 0.3) is 0 Å². The Morgan fingerprint density at radius 3 is 2.83 bits per heavy atom. The van der Waals surface area contributed by atoms with Crippen LogP contribution >= 0.6 is 0 Å². The SMILES string of the molecule is O=C(CNC(=O)NC1CCCc2ccccc21)NCc1ccco1. The van der Waals surface area contributed by atoms with Crippen molar-refractivity contribution in [1.82, 2.24) is 16.0 Å². The molecule has 1 aliphatic carbocycles. The average Bonchev–Trinajstić information content (AvgIpc) is 3.12. The van der Waals surface area contributed by atoms with Gasteiger partial charge in [0.15, 0.2) is 0 Å². The predicted molar refractivity (Wildman–Crippen MR) is 89.2 cm³/mol. The molecule has 3 rings (SSSR count). The zero-order valence-corrected chi connectivity index (χ0v) is 13.4. The first-order chi connectivity index (χ1) is 11.7. The van der Waals surface area contributed by atoms with Crippen LogP contribution in [-0.2, 0) is 17.8 Å². The first-order valence-electron chi connectivity index (χ1n) is 8.13. The smallest absolute Gasteiger partial charge is 0.315 e. The highest BCUT2D eigenvalue weighted by Gasteiger charge is 2.21. The molecule has 0 radical (unpaired) electrons. The molecule has 0 aliphatic heterocycles. The molecule has 0 spiro atoms. The third kappa shape index (κ3) is 4.16. The van der Waals surface area contributed by atoms with Crippen molar-refractivity contribution < 1.29 is 14.0 Å². The Morgan fingerprint density at radius 1 is 1.12 bits per heavy atom. The van der Waals surface area contributed by atoms with E-state index in [2.05, 4.69) is 28.1 Å². The highest BCUT2D eigenvalue weighted by atomic mass is 16.3. The van der Waals surface area contributed by atoms with Crippen molar-refractivity contribution in [3.8, 4) is 0 Å². The average molecular weight is 327 g/mol. The number of furan rings is 1. The minimum absolute atomic E-state index is 0.00105. The Morgan fingerprint density at radius 2 is 2.00 bits per heavy atom. The normalized spacial score (nSPS) is 16.1. The van der Waals surface area contributed by atoms with Gasteiger partial charge in [-0.15, -0.1) is 0 Å². The maximum Gasteiger partial charge on any atom is 0.315 e. The Balaban J connectivity index is 1.44. The largest absolute Gasteiger partial charge is 0.467 e. The number of rotatable bonds is 5. The van der Waals surface area contributed by atoms with Gasteiger partial charge in [-0.3, -0.25) is 4.79 Å².